The van der Waals surface area contributed by atoms with Crippen molar-refractivity contribution in [3.63, 3.8) is 0 Å². The molecule has 1 aliphatic heterocycles. The van der Waals surface area contributed by atoms with Crippen LogP contribution in [-0.2, 0) is 12.8 Å². The molecule has 0 spiro atoms. The Bertz CT molecular complexity index is 526. The first-order chi connectivity index (χ1) is 9.56. The van der Waals surface area contributed by atoms with Crippen LogP contribution in [0.1, 0.15) is 41.9 Å². The highest BCUT2D eigenvalue weighted by molar-refractivity contribution is 5.94. The van der Waals surface area contributed by atoms with Crippen molar-refractivity contribution in [3.05, 3.63) is 29.1 Å². The number of carbonyl (C=O) groups excluding carboxylic acids is 1. The lowest BCUT2D eigenvalue weighted by atomic mass is 9.92. The van der Waals surface area contributed by atoms with Crippen molar-refractivity contribution in [2.75, 3.05) is 13.1 Å². The zero-order chi connectivity index (χ0) is 14.3. The maximum Gasteiger partial charge on any atom is 0.255 e. The van der Waals surface area contributed by atoms with Gasteiger partial charge in [-0.25, -0.2) is 0 Å². The quantitative estimate of drug-likeness (QED) is 0.891. The Balaban J connectivity index is 1.77. The van der Waals surface area contributed by atoms with Crippen molar-refractivity contribution in [1.29, 1.82) is 0 Å². The molecule has 0 saturated carbocycles. The second kappa shape index (κ2) is 5.17. The summed E-state index contributed by atoms with van der Waals surface area (Å²) in [7, 11) is 0. The maximum atomic E-state index is 12.6. The van der Waals surface area contributed by atoms with E-state index in [1.807, 2.05) is 11.0 Å². The first-order valence-electron chi connectivity index (χ1n) is 7.59. The van der Waals surface area contributed by atoms with Gasteiger partial charge in [0, 0.05) is 31.0 Å². The van der Waals surface area contributed by atoms with Crippen molar-refractivity contribution in [2.45, 2.75) is 39.2 Å². The molecule has 2 heterocycles. The molecule has 0 radical (unpaired) electrons. The van der Waals surface area contributed by atoms with Crippen LogP contribution >= 0.6 is 0 Å². The third-order valence-electron chi connectivity index (χ3n) is 4.72. The molecule has 3 rings (SSSR count). The van der Waals surface area contributed by atoms with Crippen LogP contribution in [0.5, 0.6) is 0 Å². The van der Waals surface area contributed by atoms with E-state index in [2.05, 4.69) is 18.8 Å². The van der Waals surface area contributed by atoms with Gasteiger partial charge in [-0.2, -0.15) is 0 Å². The van der Waals surface area contributed by atoms with Gasteiger partial charge in [0.15, 0.2) is 0 Å². The van der Waals surface area contributed by atoms with Crippen LogP contribution < -0.4 is 5.73 Å². The molecule has 2 aliphatic rings. The summed E-state index contributed by atoms with van der Waals surface area (Å²) >= 11 is 0. The number of rotatable bonds is 2. The zero-order valence-corrected chi connectivity index (χ0v) is 12.3. The Morgan fingerprint density at radius 2 is 2.20 bits per heavy atom. The summed E-state index contributed by atoms with van der Waals surface area (Å²) in [4.78, 5) is 18.9. The number of nitrogens with zero attached hydrogens (tertiary/aromatic N) is 2. The van der Waals surface area contributed by atoms with Crippen molar-refractivity contribution in [3.8, 4) is 0 Å². The smallest absolute Gasteiger partial charge is 0.255 e. The summed E-state index contributed by atoms with van der Waals surface area (Å²) in [5.41, 5.74) is 9.31. The lowest BCUT2D eigenvalue weighted by Crippen LogP contribution is -2.33. The van der Waals surface area contributed by atoms with E-state index in [0.29, 0.717) is 18.4 Å². The monoisotopic (exact) mass is 273 g/mol. The van der Waals surface area contributed by atoms with Gasteiger partial charge in [-0.3, -0.25) is 9.78 Å². The van der Waals surface area contributed by atoms with Gasteiger partial charge in [0.2, 0.25) is 0 Å². The summed E-state index contributed by atoms with van der Waals surface area (Å²) in [5, 5.41) is 0. The van der Waals surface area contributed by atoms with Gasteiger partial charge in [0.05, 0.1) is 5.56 Å². The Hall–Kier alpha value is -1.42. The van der Waals surface area contributed by atoms with E-state index in [4.69, 9.17) is 5.73 Å². The SMILES string of the molecule is CC(C)C1CN(C(=O)c2cnc3c(c2)CCC3)CC1N. The molecule has 20 heavy (non-hydrogen) atoms. The fraction of sp³-hybridized carbons (Fsp3) is 0.625. The van der Waals surface area contributed by atoms with E-state index >= 15 is 0 Å². The van der Waals surface area contributed by atoms with Crippen molar-refractivity contribution in [1.82, 2.24) is 9.88 Å². The predicted molar refractivity (Wildman–Crippen MR) is 78.5 cm³/mol. The number of aromatic nitrogens is 1. The van der Waals surface area contributed by atoms with Crippen LogP contribution in [-0.4, -0.2) is 34.9 Å². The molecular formula is C16H23N3O. The third-order valence-corrected chi connectivity index (χ3v) is 4.72. The highest BCUT2D eigenvalue weighted by Gasteiger charge is 2.35. The average molecular weight is 273 g/mol. The lowest BCUT2D eigenvalue weighted by molar-refractivity contribution is 0.0782. The van der Waals surface area contributed by atoms with E-state index in [1.165, 1.54) is 11.3 Å². The van der Waals surface area contributed by atoms with Crippen LogP contribution in [0.25, 0.3) is 0 Å². The molecule has 0 bridgehead atoms. The van der Waals surface area contributed by atoms with Crippen molar-refractivity contribution < 1.29 is 4.79 Å². The van der Waals surface area contributed by atoms with Crippen molar-refractivity contribution in [2.24, 2.45) is 17.6 Å². The molecule has 108 valence electrons. The Kier molecular flexibility index (Phi) is 3.50. The molecule has 1 saturated heterocycles. The van der Waals surface area contributed by atoms with E-state index in [0.717, 1.165) is 31.4 Å². The molecular weight excluding hydrogens is 250 g/mol. The highest BCUT2D eigenvalue weighted by atomic mass is 16.2. The number of likely N-dealkylation sites (tertiary alicyclic amines) is 1. The molecule has 2 unspecified atom stereocenters. The summed E-state index contributed by atoms with van der Waals surface area (Å²) < 4.78 is 0. The van der Waals surface area contributed by atoms with Gasteiger partial charge in [-0.1, -0.05) is 13.8 Å². The maximum absolute atomic E-state index is 12.6. The second-order valence-electron chi connectivity index (χ2n) is 6.47. The van der Waals surface area contributed by atoms with E-state index < -0.39 is 0 Å². The van der Waals surface area contributed by atoms with Crippen molar-refractivity contribution >= 4 is 5.91 Å². The summed E-state index contributed by atoms with van der Waals surface area (Å²) in [6.45, 7) is 5.79. The first-order valence-corrected chi connectivity index (χ1v) is 7.59. The molecule has 1 fully saturated rings. The number of hydrogen-bond acceptors (Lipinski definition) is 3. The molecule has 2 N–H and O–H groups in total. The summed E-state index contributed by atoms with van der Waals surface area (Å²) in [6.07, 6.45) is 5.00. The molecule has 1 aromatic rings. The van der Waals surface area contributed by atoms with Crippen LogP contribution in [0.4, 0.5) is 0 Å². The number of fused-ring (bicyclic) bond motifs is 1. The number of carbonyl (C=O) groups is 1. The fourth-order valence-corrected chi connectivity index (χ4v) is 3.45. The van der Waals surface area contributed by atoms with Crippen LogP contribution in [0.15, 0.2) is 12.3 Å². The standard InChI is InChI=1S/C16H23N3O/c1-10(2)13-8-19(9-14(13)17)16(20)12-6-11-4-3-5-15(11)18-7-12/h6-7,10,13-14H,3-5,8-9,17H2,1-2H3. The second-order valence-corrected chi connectivity index (χ2v) is 6.47. The zero-order valence-electron chi connectivity index (χ0n) is 12.3. The fourth-order valence-electron chi connectivity index (χ4n) is 3.45. The highest BCUT2D eigenvalue weighted by Crippen LogP contribution is 2.26. The topological polar surface area (TPSA) is 59.2 Å². The average Bonchev–Trinajstić information content (AvgIpc) is 3.02. The minimum Gasteiger partial charge on any atom is -0.337 e. The third kappa shape index (κ3) is 2.33. The van der Waals surface area contributed by atoms with Crippen LogP contribution in [0.2, 0.25) is 0 Å². The van der Waals surface area contributed by atoms with Gasteiger partial charge in [-0.15, -0.1) is 0 Å². The van der Waals surface area contributed by atoms with Gasteiger partial charge in [-0.05, 0) is 42.7 Å². The number of aryl methyl sites for hydroxylation is 2. The van der Waals surface area contributed by atoms with Crippen LogP contribution in [0.3, 0.4) is 0 Å². The molecule has 1 aliphatic carbocycles. The lowest BCUT2D eigenvalue weighted by Gasteiger charge is -2.18. The number of amides is 1. The number of pyridine rings is 1. The molecule has 0 aromatic carbocycles. The van der Waals surface area contributed by atoms with E-state index in [1.54, 1.807) is 6.20 Å². The Morgan fingerprint density at radius 1 is 1.40 bits per heavy atom. The van der Waals surface area contributed by atoms with Gasteiger partial charge < -0.3 is 10.6 Å². The summed E-state index contributed by atoms with van der Waals surface area (Å²) in [6, 6.07) is 2.13. The molecule has 4 nitrogen and oxygen atoms in total. The molecule has 2 atom stereocenters. The van der Waals surface area contributed by atoms with E-state index in [-0.39, 0.29) is 11.9 Å². The Labute approximate surface area is 120 Å². The van der Waals surface area contributed by atoms with Gasteiger partial charge in [0.25, 0.3) is 5.91 Å². The normalized spacial score (nSPS) is 25.3. The Morgan fingerprint density at radius 3 is 2.90 bits per heavy atom. The number of hydrogen-bond donors (Lipinski definition) is 1. The molecule has 1 amide bonds. The predicted octanol–water partition coefficient (Wildman–Crippen LogP) is 1.63. The molecule has 4 heteroatoms. The van der Waals surface area contributed by atoms with Gasteiger partial charge in [0.1, 0.15) is 0 Å². The van der Waals surface area contributed by atoms with Crippen LogP contribution in [0, 0.1) is 11.8 Å². The number of nitrogens with two attached hydrogens (primary N) is 1. The van der Waals surface area contributed by atoms with E-state index in [9.17, 15) is 4.79 Å². The first kappa shape index (κ1) is 13.6. The summed E-state index contributed by atoms with van der Waals surface area (Å²) in [5.74, 6) is 1.01. The van der Waals surface area contributed by atoms with Gasteiger partial charge >= 0.3 is 0 Å². The largest absolute Gasteiger partial charge is 0.337 e. The molecule has 1 aromatic heterocycles. The minimum absolute atomic E-state index is 0.0887. The minimum atomic E-state index is 0.0887.